The van der Waals surface area contributed by atoms with E-state index < -0.39 is 11.9 Å². The molecule has 1 atom stereocenters. The molecule has 6 heteroatoms. The highest BCUT2D eigenvalue weighted by Gasteiger charge is 2.22. The Bertz CT molecular complexity index is 479. The van der Waals surface area contributed by atoms with E-state index >= 15 is 0 Å². The lowest BCUT2D eigenvalue weighted by Crippen LogP contribution is -2.34. The van der Waals surface area contributed by atoms with Crippen LogP contribution in [0, 0.1) is 0 Å². The van der Waals surface area contributed by atoms with E-state index in [-0.39, 0.29) is 0 Å². The first-order chi connectivity index (χ1) is 9.13. The fraction of sp³-hybridized carbons (Fsp3) is 0.462. The molecule has 1 unspecified atom stereocenters. The zero-order valence-corrected chi connectivity index (χ0v) is 12.3. The molecular weight excluding hydrogens is 312 g/mol. The van der Waals surface area contributed by atoms with Crippen molar-refractivity contribution in [3.63, 3.8) is 0 Å². The number of carbonyl (C=O) groups is 1. The number of primary amides is 1. The number of halogens is 1. The lowest BCUT2D eigenvalue weighted by Gasteiger charge is -2.22. The molecule has 2 rings (SSSR count). The van der Waals surface area contributed by atoms with Gasteiger partial charge in [0.2, 0.25) is 5.91 Å². The van der Waals surface area contributed by atoms with Gasteiger partial charge in [-0.15, -0.1) is 0 Å². The monoisotopic (exact) mass is 328 g/mol. The van der Waals surface area contributed by atoms with Crippen LogP contribution in [0.25, 0.3) is 0 Å². The summed E-state index contributed by atoms with van der Waals surface area (Å²) in [5.74, 6) is 0.908. The van der Waals surface area contributed by atoms with Crippen molar-refractivity contribution in [3.8, 4) is 11.5 Å². The number of nitrogens with one attached hydrogen (secondary N) is 1. The SMILES string of the molecule is CCCNC(C(N)=O)c1cc(Br)c2c(c1)OCCO2. The van der Waals surface area contributed by atoms with Gasteiger partial charge in [-0.3, -0.25) is 4.79 Å². The largest absolute Gasteiger partial charge is 0.486 e. The van der Waals surface area contributed by atoms with Gasteiger partial charge < -0.3 is 20.5 Å². The smallest absolute Gasteiger partial charge is 0.239 e. The number of nitrogens with two attached hydrogens (primary N) is 1. The minimum atomic E-state index is -0.521. The molecule has 104 valence electrons. The lowest BCUT2D eigenvalue weighted by molar-refractivity contribution is -0.120. The first kappa shape index (κ1) is 14.1. The number of carbonyl (C=O) groups excluding carboxylic acids is 1. The summed E-state index contributed by atoms with van der Waals surface area (Å²) in [6, 6.07) is 3.12. The molecule has 0 radical (unpaired) electrons. The lowest BCUT2D eigenvalue weighted by atomic mass is 10.1. The van der Waals surface area contributed by atoms with Gasteiger partial charge in [-0.25, -0.2) is 0 Å². The van der Waals surface area contributed by atoms with E-state index in [1.54, 1.807) is 6.07 Å². The minimum absolute atomic E-state index is 0.406. The molecule has 1 amide bonds. The molecule has 5 nitrogen and oxygen atoms in total. The maximum atomic E-state index is 11.6. The number of hydrogen-bond donors (Lipinski definition) is 2. The Balaban J connectivity index is 2.32. The van der Waals surface area contributed by atoms with Gasteiger partial charge in [0.25, 0.3) is 0 Å². The van der Waals surface area contributed by atoms with Gasteiger partial charge in [-0.2, -0.15) is 0 Å². The average Bonchev–Trinajstić information content (AvgIpc) is 2.39. The van der Waals surface area contributed by atoms with Crippen LogP contribution in [0.15, 0.2) is 16.6 Å². The molecule has 0 aliphatic carbocycles. The number of fused-ring (bicyclic) bond motifs is 1. The van der Waals surface area contributed by atoms with Gasteiger partial charge in [0.05, 0.1) is 4.47 Å². The van der Waals surface area contributed by atoms with Crippen LogP contribution < -0.4 is 20.5 Å². The number of rotatable bonds is 5. The molecule has 0 bridgehead atoms. The summed E-state index contributed by atoms with van der Waals surface area (Å²) in [6.45, 7) is 3.79. The van der Waals surface area contributed by atoms with Gasteiger partial charge in [0, 0.05) is 0 Å². The van der Waals surface area contributed by atoms with Gasteiger partial charge in [0.1, 0.15) is 19.3 Å². The molecule has 1 aromatic rings. The van der Waals surface area contributed by atoms with Crippen molar-refractivity contribution in [2.45, 2.75) is 19.4 Å². The summed E-state index contributed by atoms with van der Waals surface area (Å²) in [5, 5.41) is 3.13. The van der Waals surface area contributed by atoms with Crippen LogP contribution in [-0.4, -0.2) is 25.7 Å². The third-order valence-electron chi connectivity index (χ3n) is 2.84. The zero-order valence-electron chi connectivity index (χ0n) is 10.7. The van der Waals surface area contributed by atoms with E-state index in [1.165, 1.54) is 0 Å². The van der Waals surface area contributed by atoms with E-state index in [1.807, 2.05) is 13.0 Å². The topological polar surface area (TPSA) is 73.6 Å². The van der Waals surface area contributed by atoms with Crippen molar-refractivity contribution in [2.24, 2.45) is 5.73 Å². The van der Waals surface area contributed by atoms with Gasteiger partial charge in [0.15, 0.2) is 11.5 Å². The molecule has 1 aromatic carbocycles. The van der Waals surface area contributed by atoms with Crippen LogP contribution in [0.4, 0.5) is 0 Å². The van der Waals surface area contributed by atoms with Crippen LogP contribution in [0.5, 0.6) is 11.5 Å². The Morgan fingerprint density at radius 3 is 2.89 bits per heavy atom. The molecule has 0 fully saturated rings. The molecule has 0 spiro atoms. The molecule has 19 heavy (non-hydrogen) atoms. The maximum absolute atomic E-state index is 11.6. The molecule has 0 saturated heterocycles. The standard InChI is InChI=1S/C13H17BrN2O3/c1-2-3-16-11(13(15)17)8-6-9(14)12-10(7-8)18-4-5-19-12/h6-7,11,16H,2-5H2,1H3,(H2,15,17). The Morgan fingerprint density at radius 1 is 1.47 bits per heavy atom. The maximum Gasteiger partial charge on any atom is 0.239 e. The summed E-state index contributed by atoms with van der Waals surface area (Å²) in [6.07, 6.45) is 0.926. The predicted octanol–water partition coefficient (Wildman–Crippen LogP) is 1.75. The number of benzene rings is 1. The Hall–Kier alpha value is -1.27. The second kappa shape index (κ2) is 6.25. The highest BCUT2D eigenvalue weighted by Crippen LogP contribution is 2.39. The van der Waals surface area contributed by atoms with Crippen LogP contribution >= 0.6 is 15.9 Å². The highest BCUT2D eigenvalue weighted by atomic mass is 79.9. The van der Waals surface area contributed by atoms with Crippen LogP contribution in [0.1, 0.15) is 24.9 Å². The van der Waals surface area contributed by atoms with Crippen molar-refractivity contribution >= 4 is 21.8 Å². The first-order valence-corrected chi connectivity index (χ1v) is 7.04. The fourth-order valence-corrected chi connectivity index (χ4v) is 2.54. The number of ether oxygens (including phenoxy) is 2. The minimum Gasteiger partial charge on any atom is -0.486 e. The van der Waals surface area contributed by atoms with E-state index in [4.69, 9.17) is 15.2 Å². The molecular formula is C13H17BrN2O3. The number of hydrogen-bond acceptors (Lipinski definition) is 4. The molecule has 0 saturated carbocycles. The summed E-state index contributed by atoms with van der Waals surface area (Å²) >= 11 is 3.43. The quantitative estimate of drug-likeness (QED) is 0.863. The molecule has 1 aliphatic rings. The van der Waals surface area contributed by atoms with Crippen LogP contribution in [0.3, 0.4) is 0 Å². The van der Waals surface area contributed by atoms with Crippen molar-refractivity contribution in [2.75, 3.05) is 19.8 Å². The zero-order chi connectivity index (χ0) is 13.8. The first-order valence-electron chi connectivity index (χ1n) is 6.25. The van der Waals surface area contributed by atoms with Crippen LogP contribution in [0.2, 0.25) is 0 Å². The van der Waals surface area contributed by atoms with Crippen molar-refractivity contribution in [1.29, 1.82) is 0 Å². The molecule has 1 heterocycles. The normalized spacial score (nSPS) is 15.1. The van der Waals surface area contributed by atoms with Crippen LogP contribution in [-0.2, 0) is 4.79 Å². The summed E-state index contributed by atoms with van der Waals surface area (Å²) in [7, 11) is 0. The number of amides is 1. The summed E-state index contributed by atoms with van der Waals surface area (Å²) < 4.78 is 11.8. The molecule has 0 aromatic heterocycles. The Labute approximate surface area is 120 Å². The molecule has 3 N–H and O–H groups in total. The van der Waals surface area contributed by atoms with Crippen molar-refractivity contribution in [3.05, 3.63) is 22.2 Å². The van der Waals surface area contributed by atoms with E-state index in [2.05, 4.69) is 21.2 Å². The molecule has 1 aliphatic heterocycles. The second-order valence-electron chi connectivity index (χ2n) is 4.32. The van der Waals surface area contributed by atoms with Gasteiger partial charge in [-0.1, -0.05) is 6.92 Å². The Morgan fingerprint density at radius 2 is 2.21 bits per heavy atom. The van der Waals surface area contributed by atoms with Crippen molar-refractivity contribution in [1.82, 2.24) is 5.32 Å². The predicted molar refractivity (Wildman–Crippen MR) is 75.4 cm³/mol. The summed E-state index contributed by atoms with van der Waals surface area (Å²) in [5.41, 5.74) is 6.22. The highest BCUT2D eigenvalue weighted by molar-refractivity contribution is 9.10. The second-order valence-corrected chi connectivity index (χ2v) is 5.17. The van der Waals surface area contributed by atoms with E-state index in [9.17, 15) is 4.79 Å². The van der Waals surface area contributed by atoms with Crippen molar-refractivity contribution < 1.29 is 14.3 Å². The van der Waals surface area contributed by atoms with E-state index in [0.717, 1.165) is 23.0 Å². The van der Waals surface area contributed by atoms with Gasteiger partial charge in [-0.05, 0) is 46.6 Å². The summed E-state index contributed by atoms with van der Waals surface area (Å²) in [4.78, 5) is 11.6. The third kappa shape index (κ3) is 3.19. The Kier molecular flexibility index (Phi) is 4.66. The fourth-order valence-electron chi connectivity index (χ4n) is 1.97. The average molecular weight is 329 g/mol. The van der Waals surface area contributed by atoms with Gasteiger partial charge >= 0.3 is 0 Å². The third-order valence-corrected chi connectivity index (χ3v) is 3.42. The van der Waals surface area contributed by atoms with E-state index in [0.29, 0.717) is 24.7 Å².